The Morgan fingerprint density at radius 3 is 2.73 bits per heavy atom. The lowest BCUT2D eigenvalue weighted by atomic mass is 10.0. The molecule has 0 bridgehead atoms. The highest BCUT2D eigenvalue weighted by molar-refractivity contribution is 7.14. The normalized spacial score (nSPS) is 19.4. The fraction of sp³-hybridized carbons (Fsp3) is 0.450. The fourth-order valence-electron chi connectivity index (χ4n) is 3.77. The molecule has 0 spiro atoms. The van der Waals surface area contributed by atoms with Gasteiger partial charge < -0.3 is 15.0 Å². The SMILES string of the molecule is COc1ccc2c(c1)CCN(C(=O)c1ccc(C3CCCN3)s1)CC2.Cl. The van der Waals surface area contributed by atoms with Crippen LogP contribution in [0.3, 0.4) is 0 Å². The number of benzene rings is 1. The number of amides is 1. The van der Waals surface area contributed by atoms with Crippen LogP contribution in [0.5, 0.6) is 5.75 Å². The first kappa shape index (κ1) is 19.2. The second kappa shape index (κ2) is 8.42. The summed E-state index contributed by atoms with van der Waals surface area (Å²) in [7, 11) is 1.70. The van der Waals surface area contributed by atoms with E-state index in [1.54, 1.807) is 18.4 Å². The number of carbonyl (C=O) groups excluding carboxylic acids is 1. The van der Waals surface area contributed by atoms with Crippen molar-refractivity contribution in [3.63, 3.8) is 0 Å². The minimum absolute atomic E-state index is 0. The third kappa shape index (κ3) is 3.90. The van der Waals surface area contributed by atoms with Crippen molar-refractivity contribution in [2.24, 2.45) is 0 Å². The first-order valence-corrected chi connectivity index (χ1v) is 9.84. The Kier molecular flexibility index (Phi) is 6.22. The molecule has 0 aliphatic carbocycles. The molecule has 6 heteroatoms. The highest BCUT2D eigenvalue weighted by atomic mass is 35.5. The van der Waals surface area contributed by atoms with Crippen molar-refractivity contribution < 1.29 is 9.53 Å². The summed E-state index contributed by atoms with van der Waals surface area (Å²) >= 11 is 1.65. The first-order chi connectivity index (χ1) is 12.2. The summed E-state index contributed by atoms with van der Waals surface area (Å²) in [6.07, 6.45) is 4.20. The first-order valence-electron chi connectivity index (χ1n) is 9.03. The number of nitrogens with zero attached hydrogens (tertiary/aromatic N) is 1. The number of fused-ring (bicyclic) bond motifs is 1. The third-order valence-corrected chi connectivity index (χ3v) is 6.43. The molecule has 1 aromatic heterocycles. The molecule has 3 heterocycles. The van der Waals surface area contributed by atoms with Gasteiger partial charge in [0, 0.05) is 24.0 Å². The minimum atomic E-state index is 0. The van der Waals surface area contributed by atoms with Crippen molar-refractivity contribution in [1.29, 1.82) is 0 Å². The van der Waals surface area contributed by atoms with Gasteiger partial charge in [0.1, 0.15) is 5.75 Å². The molecule has 2 aromatic rings. The molecule has 0 saturated carbocycles. The molecule has 4 nitrogen and oxygen atoms in total. The predicted octanol–water partition coefficient (Wildman–Crippen LogP) is 3.84. The molecular formula is C20H25ClN2O2S. The Labute approximate surface area is 165 Å². The van der Waals surface area contributed by atoms with Crippen molar-refractivity contribution in [1.82, 2.24) is 10.2 Å². The summed E-state index contributed by atoms with van der Waals surface area (Å²) in [5, 5.41) is 3.51. The Balaban J connectivity index is 0.00000196. The maximum atomic E-state index is 12.9. The third-order valence-electron chi connectivity index (χ3n) is 5.24. The molecule has 140 valence electrons. The van der Waals surface area contributed by atoms with Crippen LogP contribution in [0.15, 0.2) is 30.3 Å². The van der Waals surface area contributed by atoms with E-state index in [1.807, 2.05) is 17.0 Å². The van der Waals surface area contributed by atoms with Gasteiger partial charge in [-0.05, 0) is 67.6 Å². The summed E-state index contributed by atoms with van der Waals surface area (Å²) in [5.74, 6) is 1.07. The van der Waals surface area contributed by atoms with Crippen LogP contribution in [-0.2, 0) is 12.8 Å². The Morgan fingerprint density at radius 1 is 1.19 bits per heavy atom. The van der Waals surface area contributed by atoms with Crippen molar-refractivity contribution in [3.8, 4) is 5.75 Å². The van der Waals surface area contributed by atoms with Gasteiger partial charge in [0.2, 0.25) is 0 Å². The van der Waals surface area contributed by atoms with Crippen LogP contribution in [-0.4, -0.2) is 37.6 Å². The number of halogens is 1. The zero-order valence-corrected chi connectivity index (χ0v) is 16.6. The molecule has 1 unspecified atom stereocenters. The van der Waals surface area contributed by atoms with Crippen LogP contribution in [0.4, 0.5) is 0 Å². The molecule has 26 heavy (non-hydrogen) atoms. The van der Waals surface area contributed by atoms with Crippen molar-refractivity contribution >= 4 is 29.7 Å². The van der Waals surface area contributed by atoms with E-state index in [1.165, 1.54) is 28.8 Å². The molecule has 1 N–H and O–H groups in total. The van der Waals surface area contributed by atoms with Crippen LogP contribution in [0.2, 0.25) is 0 Å². The topological polar surface area (TPSA) is 41.6 Å². The number of hydrogen-bond acceptors (Lipinski definition) is 4. The smallest absolute Gasteiger partial charge is 0.263 e. The molecule has 2 aliphatic heterocycles. The van der Waals surface area contributed by atoms with Gasteiger partial charge in [-0.15, -0.1) is 23.7 Å². The van der Waals surface area contributed by atoms with Gasteiger partial charge in [-0.2, -0.15) is 0 Å². The number of nitrogens with one attached hydrogen (secondary N) is 1. The maximum Gasteiger partial charge on any atom is 0.263 e. The van der Waals surface area contributed by atoms with E-state index in [4.69, 9.17) is 4.74 Å². The lowest BCUT2D eigenvalue weighted by Gasteiger charge is -2.19. The average molecular weight is 393 g/mol. The summed E-state index contributed by atoms with van der Waals surface area (Å²) in [4.78, 5) is 17.1. The second-order valence-corrected chi connectivity index (χ2v) is 7.89. The Bertz CT molecular complexity index is 771. The van der Waals surface area contributed by atoms with Crippen LogP contribution in [0.1, 0.15) is 44.6 Å². The van der Waals surface area contributed by atoms with Crippen molar-refractivity contribution in [2.75, 3.05) is 26.7 Å². The van der Waals surface area contributed by atoms with Crippen LogP contribution in [0, 0.1) is 0 Å². The number of thiophene rings is 1. The van der Waals surface area contributed by atoms with Gasteiger partial charge in [-0.1, -0.05) is 6.07 Å². The zero-order chi connectivity index (χ0) is 17.2. The van der Waals surface area contributed by atoms with Gasteiger partial charge in [-0.25, -0.2) is 0 Å². The van der Waals surface area contributed by atoms with E-state index in [0.717, 1.165) is 43.1 Å². The monoisotopic (exact) mass is 392 g/mol. The minimum Gasteiger partial charge on any atom is -0.497 e. The van der Waals surface area contributed by atoms with Crippen LogP contribution >= 0.6 is 23.7 Å². The largest absolute Gasteiger partial charge is 0.497 e. The van der Waals surface area contributed by atoms with E-state index in [0.29, 0.717) is 6.04 Å². The maximum absolute atomic E-state index is 12.9. The number of carbonyl (C=O) groups is 1. The van der Waals surface area contributed by atoms with Gasteiger partial charge >= 0.3 is 0 Å². The molecule has 1 aromatic carbocycles. The van der Waals surface area contributed by atoms with Gasteiger partial charge in [0.15, 0.2) is 0 Å². The van der Waals surface area contributed by atoms with Crippen LogP contribution < -0.4 is 10.1 Å². The van der Waals surface area contributed by atoms with E-state index in [9.17, 15) is 4.79 Å². The number of rotatable bonds is 3. The second-order valence-electron chi connectivity index (χ2n) is 6.78. The molecule has 2 aliphatic rings. The van der Waals surface area contributed by atoms with E-state index in [2.05, 4.69) is 23.5 Å². The molecule has 0 radical (unpaired) electrons. The Hall–Kier alpha value is -1.56. The van der Waals surface area contributed by atoms with E-state index >= 15 is 0 Å². The lowest BCUT2D eigenvalue weighted by Crippen LogP contribution is -2.32. The van der Waals surface area contributed by atoms with Gasteiger partial charge in [0.25, 0.3) is 5.91 Å². The van der Waals surface area contributed by atoms with Crippen LogP contribution in [0.25, 0.3) is 0 Å². The van der Waals surface area contributed by atoms with Crippen molar-refractivity contribution in [3.05, 3.63) is 51.2 Å². The standard InChI is InChI=1S/C20H24N2O2S.ClH/c1-24-16-5-4-14-8-11-22(12-9-15(14)13-16)20(23)19-7-6-18(25-19)17-3-2-10-21-17;/h4-7,13,17,21H,2-3,8-12H2,1H3;1H. The Morgan fingerprint density at radius 2 is 2.00 bits per heavy atom. The highest BCUT2D eigenvalue weighted by Gasteiger charge is 2.24. The van der Waals surface area contributed by atoms with Gasteiger partial charge in [0.05, 0.1) is 12.0 Å². The molecule has 1 fully saturated rings. The summed E-state index contributed by atoms with van der Waals surface area (Å²) in [5.41, 5.74) is 2.63. The number of hydrogen-bond donors (Lipinski definition) is 1. The highest BCUT2D eigenvalue weighted by Crippen LogP contribution is 2.30. The molecule has 4 rings (SSSR count). The predicted molar refractivity (Wildman–Crippen MR) is 108 cm³/mol. The van der Waals surface area contributed by atoms with Gasteiger partial charge in [-0.3, -0.25) is 4.79 Å². The fourth-order valence-corrected chi connectivity index (χ4v) is 4.86. The lowest BCUT2D eigenvalue weighted by molar-refractivity contribution is 0.0768. The average Bonchev–Trinajstić information content (AvgIpc) is 3.29. The summed E-state index contributed by atoms with van der Waals surface area (Å²) < 4.78 is 5.33. The van der Waals surface area contributed by atoms with E-state index in [-0.39, 0.29) is 18.3 Å². The van der Waals surface area contributed by atoms with Crippen molar-refractivity contribution in [2.45, 2.75) is 31.7 Å². The number of methoxy groups -OCH3 is 1. The zero-order valence-electron chi connectivity index (χ0n) is 15.0. The number of ether oxygens (including phenoxy) is 1. The molecule has 1 atom stereocenters. The summed E-state index contributed by atoms with van der Waals surface area (Å²) in [6.45, 7) is 2.64. The molecular weight excluding hydrogens is 368 g/mol. The molecule has 1 amide bonds. The van der Waals surface area contributed by atoms with E-state index < -0.39 is 0 Å². The molecule has 1 saturated heterocycles. The quantitative estimate of drug-likeness (QED) is 0.862. The summed E-state index contributed by atoms with van der Waals surface area (Å²) in [6, 6.07) is 10.8.